The van der Waals surface area contributed by atoms with Crippen LogP contribution in [-0.2, 0) is 7.05 Å². The van der Waals surface area contributed by atoms with Crippen LogP contribution in [0.4, 0.5) is 10.6 Å². The van der Waals surface area contributed by atoms with Crippen molar-refractivity contribution in [2.45, 2.75) is 12.8 Å². The second kappa shape index (κ2) is 6.66. The van der Waals surface area contributed by atoms with Gasteiger partial charge in [-0.3, -0.25) is 4.68 Å². The molecule has 0 atom stereocenters. The lowest BCUT2D eigenvalue weighted by molar-refractivity contribution is 0.191. The average molecular weight is 355 g/mol. The molecule has 3 aromatic heterocycles. The molecule has 9 nitrogen and oxygen atoms in total. The average Bonchev–Trinajstić information content (AvgIpc) is 3.28. The van der Waals surface area contributed by atoms with E-state index in [1.807, 2.05) is 30.0 Å². The van der Waals surface area contributed by atoms with Crippen molar-refractivity contribution in [2.24, 2.45) is 13.0 Å². The first-order chi connectivity index (χ1) is 12.6. The number of carboxylic acid groups (broad SMARTS) is 1. The molecular formula is C17H21N7O2. The number of anilines is 1. The van der Waals surface area contributed by atoms with Crippen LogP contribution in [0, 0.1) is 5.92 Å². The van der Waals surface area contributed by atoms with E-state index in [0.29, 0.717) is 12.5 Å². The molecule has 3 aromatic rings. The lowest BCUT2D eigenvalue weighted by Gasteiger charge is -2.33. The van der Waals surface area contributed by atoms with Crippen LogP contribution < -0.4 is 10.2 Å². The summed E-state index contributed by atoms with van der Waals surface area (Å²) in [6.07, 6.45) is 8.32. The summed E-state index contributed by atoms with van der Waals surface area (Å²) in [6, 6.07) is 1.97. The summed E-state index contributed by atoms with van der Waals surface area (Å²) >= 11 is 0. The third-order valence-electron chi connectivity index (χ3n) is 4.83. The van der Waals surface area contributed by atoms with Crippen LogP contribution in [0.5, 0.6) is 0 Å². The molecule has 4 heterocycles. The first-order valence-corrected chi connectivity index (χ1v) is 8.65. The molecule has 0 radical (unpaired) electrons. The smallest absolute Gasteiger partial charge is 0.404 e. The summed E-state index contributed by atoms with van der Waals surface area (Å²) in [5.74, 6) is 1.28. The van der Waals surface area contributed by atoms with Crippen molar-refractivity contribution in [3.63, 3.8) is 0 Å². The van der Waals surface area contributed by atoms with Crippen LogP contribution >= 0.6 is 0 Å². The van der Waals surface area contributed by atoms with Crippen molar-refractivity contribution in [2.75, 3.05) is 24.5 Å². The summed E-state index contributed by atoms with van der Waals surface area (Å²) in [6.45, 7) is 2.20. The maximum absolute atomic E-state index is 10.7. The number of piperidine rings is 1. The molecule has 0 aliphatic carbocycles. The molecule has 0 unspecified atom stereocenters. The maximum atomic E-state index is 10.7. The minimum Gasteiger partial charge on any atom is -0.465 e. The largest absolute Gasteiger partial charge is 0.465 e. The number of hydrogen-bond donors (Lipinski definition) is 2. The van der Waals surface area contributed by atoms with Gasteiger partial charge in [-0.05, 0) is 24.8 Å². The highest BCUT2D eigenvalue weighted by Gasteiger charge is 2.23. The van der Waals surface area contributed by atoms with E-state index >= 15 is 0 Å². The number of nitrogens with one attached hydrogen (secondary N) is 1. The van der Waals surface area contributed by atoms with Gasteiger partial charge in [0.05, 0.1) is 24.3 Å². The Morgan fingerprint density at radius 1 is 1.31 bits per heavy atom. The molecule has 4 rings (SSSR count). The van der Waals surface area contributed by atoms with Crippen LogP contribution in [0.15, 0.2) is 30.9 Å². The number of aryl methyl sites for hydroxylation is 1. The summed E-state index contributed by atoms with van der Waals surface area (Å²) < 4.78 is 3.60. The number of rotatable bonds is 4. The third-order valence-corrected chi connectivity index (χ3v) is 4.83. The lowest BCUT2D eigenvalue weighted by Crippen LogP contribution is -2.39. The minimum atomic E-state index is -0.959. The van der Waals surface area contributed by atoms with Crippen LogP contribution in [0.3, 0.4) is 0 Å². The molecule has 0 saturated carbocycles. The SMILES string of the molecule is Cn1cc(-c2cn3nccc3c(N3CCC(CNC(=O)O)CC3)n2)cn1. The molecular weight excluding hydrogens is 334 g/mol. The molecule has 0 bridgehead atoms. The van der Waals surface area contributed by atoms with E-state index in [2.05, 4.69) is 20.4 Å². The van der Waals surface area contributed by atoms with E-state index in [1.54, 1.807) is 17.1 Å². The van der Waals surface area contributed by atoms with E-state index in [1.165, 1.54) is 0 Å². The molecule has 0 aromatic carbocycles. The quantitative estimate of drug-likeness (QED) is 0.737. The zero-order chi connectivity index (χ0) is 18.1. The Balaban J connectivity index is 1.58. The molecule has 1 aliphatic rings. The van der Waals surface area contributed by atoms with Crippen LogP contribution in [0.1, 0.15) is 12.8 Å². The van der Waals surface area contributed by atoms with Crippen LogP contribution in [0.25, 0.3) is 16.8 Å². The number of carbonyl (C=O) groups is 1. The predicted octanol–water partition coefficient (Wildman–Crippen LogP) is 1.61. The summed E-state index contributed by atoms with van der Waals surface area (Å²) in [5, 5.41) is 19.9. The first kappa shape index (κ1) is 16.4. The fourth-order valence-corrected chi connectivity index (χ4v) is 3.42. The van der Waals surface area contributed by atoms with Crippen LogP contribution in [-0.4, -0.2) is 55.2 Å². The normalized spacial score (nSPS) is 15.5. The monoisotopic (exact) mass is 355 g/mol. The van der Waals surface area contributed by atoms with Gasteiger partial charge < -0.3 is 15.3 Å². The zero-order valence-corrected chi connectivity index (χ0v) is 14.5. The zero-order valence-electron chi connectivity index (χ0n) is 14.5. The number of aromatic nitrogens is 5. The highest BCUT2D eigenvalue weighted by atomic mass is 16.4. The van der Waals surface area contributed by atoms with Gasteiger partial charge in [-0.2, -0.15) is 10.2 Å². The Morgan fingerprint density at radius 2 is 2.12 bits per heavy atom. The third kappa shape index (κ3) is 3.19. The van der Waals surface area contributed by atoms with Gasteiger partial charge in [0, 0.05) is 38.4 Å². The number of nitrogens with zero attached hydrogens (tertiary/aromatic N) is 6. The number of hydrogen-bond acceptors (Lipinski definition) is 5. The van der Waals surface area contributed by atoms with Gasteiger partial charge in [0.25, 0.3) is 0 Å². The number of fused-ring (bicyclic) bond motifs is 1. The van der Waals surface area contributed by atoms with Gasteiger partial charge in [-0.15, -0.1) is 0 Å². The minimum absolute atomic E-state index is 0.366. The maximum Gasteiger partial charge on any atom is 0.404 e. The Kier molecular flexibility index (Phi) is 4.19. The lowest BCUT2D eigenvalue weighted by atomic mass is 9.97. The van der Waals surface area contributed by atoms with Gasteiger partial charge in [-0.25, -0.2) is 14.3 Å². The van der Waals surface area contributed by atoms with E-state index in [9.17, 15) is 4.79 Å². The fourth-order valence-electron chi connectivity index (χ4n) is 3.42. The highest BCUT2D eigenvalue weighted by molar-refractivity contribution is 5.72. The molecule has 0 spiro atoms. The molecule has 1 aliphatic heterocycles. The molecule has 1 saturated heterocycles. The molecule has 136 valence electrons. The Labute approximate surface area is 150 Å². The van der Waals surface area contributed by atoms with E-state index in [0.717, 1.165) is 48.5 Å². The Morgan fingerprint density at radius 3 is 2.81 bits per heavy atom. The molecule has 26 heavy (non-hydrogen) atoms. The summed E-state index contributed by atoms with van der Waals surface area (Å²) in [4.78, 5) is 17.8. The van der Waals surface area contributed by atoms with Crippen LogP contribution in [0.2, 0.25) is 0 Å². The van der Waals surface area contributed by atoms with Crippen molar-refractivity contribution < 1.29 is 9.90 Å². The summed E-state index contributed by atoms with van der Waals surface area (Å²) in [5.41, 5.74) is 2.76. The van der Waals surface area contributed by atoms with E-state index in [4.69, 9.17) is 10.1 Å². The van der Waals surface area contributed by atoms with Crippen molar-refractivity contribution in [3.05, 3.63) is 30.9 Å². The second-order valence-electron chi connectivity index (χ2n) is 6.63. The first-order valence-electron chi connectivity index (χ1n) is 8.65. The van der Waals surface area contributed by atoms with Gasteiger partial charge >= 0.3 is 6.09 Å². The molecule has 2 N–H and O–H groups in total. The van der Waals surface area contributed by atoms with Gasteiger partial charge in [0.1, 0.15) is 5.52 Å². The van der Waals surface area contributed by atoms with E-state index in [-0.39, 0.29) is 0 Å². The standard InChI is InChI=1S/C17H21N7O2/c1-22-10-13(9-20-22)14-11-24-15(2-5-19-24)16(21-14)23-6-3-12(4-7-23)8-18-17(25)26/h2,5,9-12,18H,3-4,6-8H2,1H3,(H,25,26). The molecule has 1 fully saturated rings. The Bertz CT molecular complexity index is 924. The predicted molar refractivity (Wildman–Crippen MR) is 96.2 cm³/mol. The highest BCUT2D eigenvalue weighted by Crippen LogP contribution is 2.28. The van der Waals surface area contributed by atoms with Gasteiger partial charge in [0.15, 0.2) is 5.82 Å². The topological polar surface area (TPSA) is 101 Å². The summed E-state index contributed by atoms with van der Waals surface area (Å²) in [7, 11) is 1.88. The van der Waals surface area contributed by atoms with Crippen molar-refractivity contribution in [3.8, 4) is 11.3 Å². The number of amides is 1. The van der Waals surface area contributed by atoms with Crippen molar-refractivity contribution >= 4 is 17.4 Å². The fraction of sp³-hybridized carbons (Fsp3) is 0.412. The van der Waals surface area contributed by atoms with Crippen molar-refractivity contribution in [1.29, 1.82) is 0 Å². The second-order valence-corrected chi connectivity index (χ2v) is 6.63. The van der Waals surface area contributed by atoms with Gasteiger partial charge in [0.2, 0.25) is 0 Å². The Hall–Kier alpha value is -3.10. The molecule has 1 amide bonds. The van der Waals surface area contributed by atoms with Crippen molar-refractivity contribution in [1.82, 2.24) is 29.7 Å². The molecule has 9 heteroatoms. The van der Waals surface area contributed by atoms with Gasteiger partial charge in [-0.1, -0.05) is 0 Å². The van der Waals surface area contributed by atoms with E-state index < -0.39 is 6.09 Å².